The molecule has 0 aromatic carbocycles. The lowest BCUT2D eigenvalue weighted by atomic mass is 9.79. The molecule has 1 fully saturated rings. The van der Waals surface area contributed by atoms with Crippen molar-refractivity contribution in [2.24, 2.45) is 11.8 Å². The number of hydrogen-bond acceptors (Lipinski definition) is 6. The predicted octanol–water partition coefficient (Wildman–Crippen LogP) is 2.48. The van der Waals surface area contributed by atoms with Crippen molar-refractivity contribution in [3.8, 4) is 0 Å². The van der Waals surface area contributed by atoms with Gasteiger partial charge in [0, 0.05) is 0 Å². The highest BCUT2D eigenvalue weighted by Gasteiger charge is 2.36. The molecule has 20 heavy (non-hydrogen) atoms. The summed E-state index contributed by atoms with van der Waals surface area (Å²) in [7, 11) is 0. The van der Waals surface area contributed by atoms with E-state index < -0.39 is 17.8 Å². The summed E-state index contributed by atoms with van der Waals surface area (Å²) < 4.78 is 0.807. The zero-order valence-corrected chi connectivity index (χ0v) is 12.8. The molecule has 1 aliphatic carbocycles. The maximum Gasteiger partial charge on any atom is 0.307 e. The van der Waals surface area contributed by atoms with Gasteiger partial charge in [0.1, 0.15) is 0 Å². The highest BCUT2D eigenvalue weighted by Crippen LogP contribution is 2.32. The second kappa shape index (κ2) is 7.03. The normalized spacial score (nSPS) is 22.4. The number of anilines is 1. The molecular formula is C12H17N3O3S2. The average Bonchev–Trinajstić information content (AvgIpc) is 2.86. The van der Waals surface area contributed by atoms with Crippen LogP contribution in [0, 0.1) is 11.8 Å². The van der Waals surface area contributed by atoms with Crippen molar-refractivity contribution in [2.45, 2.75) is 36.9 Å². The van der Waals surface area contributed by atoms with E-state index in [2.05, 4.69) is 15.5 Å². The number of carboxylic acids is 1. The monoisotopic (exact) mass is 315 g/mol. The molecule has 0 spiro atoms. The topological polar surface area (TPSA) is 92.2 Å². The number of aliphatic carboxylic acids is 1. The molecule has 110 valence electrons. The van der Waals surface area contributed by atoms with Crippen LogP contribution in [0.3, 0.4) is 0 Å². The predicted molar refractivity (Wildman–Crippen MR) is 78.0 cm³/mol. The molecule has 1 saturated carbocycles. The Bertz CT molecular complexity index is 492. The second-order valence-corrected chi connectivity index (χ2v) is 7.12. The van der Waals surface area contributed by atoms with Gasteiger partial charge < -0.3 is 10.4 Å². The lowest BCUT2D eigenvalue weighted by Gasteiger charge is -2.26. The lowest BCUT2D eigenvalue weighted by Crippen LogP contribution is -2.36. The zero-order valence-electron chi connectivity index (χ0n) is 11.2. The standard InChI is InChI=1S/C12H17N3O3S2/c1-2-19-12-15-14-11(20-12)13-9(16)7-5-3-4-6-8(7)10(17)18/h7-8H,2-6H2,1H3,(H,17,18)(H,13,14,16)/t7-,8+/m0/s1. The Morgan fingerprint density at radius 2 is 2.05 bits per heavy atom. The summed E-state index contributed by atoms with van der Waals surface area (Å²) in [5.74, 6) is -1.29. The van der Waals surface area contributed by atoms with Crippen molar-refractivity contribution in [2.75, 3.05) is 11.1 Å². The van der Waals surface area contributed by atoms with Gasteiger partial charge in [-0.1, -0.05) is 42.9 Å². The number of hydrogen-bond donors (Lipinski definition) is 2. The first-order chi connectivity index (χ1) is 9.61. The fourth-order valence-corrected chi connectivity index (χ4v) is 4.03. The van der Waals surface area contributed by atoms with Gasteiger partial charge >= 0.3 is 5.97 Å². The summed E-state index contributed by atoms with van der Waals surface area (Å²) in [4.78, 5) is 23.4. The Labute approximate surface area is 125 Å². The third-order valence-corrected chi connectivity index (χ3v) is 5.18. The number of amides is 1. The van der Waals surface area contributed by atoms with E-state index in [1.54, 1.807) is 11.8 Å². The molecule has 2 rings (SSSR count). The van der Waals surface area contributed by atoms with Crippen molar-refractivity contribution in [1.82, 2.24) is 10.2 Å². The Morgan fingerprint density at radius 3 is 2.70 bits per heavy atom. The van der Waals surface area contributed by atoms with Crippen molar-refractivity contribution in [1.29, 1.82) is 0 Å². The van der Waals surface area contributed by atoms with Crippen molar-refractivity contribution in [3.05, 3.63) is 0 Å². The van der Waals surface area contributed by atoms with Crippen LogP contribution < -0.4 is 5.32 Å². The summed E-state index contributed by atoms with van der Waals surface area (Å²) >= 11 is 2.88. The van der Waals surface area contributed by atoms with E-state index in [0.717, 1.165) is 22.9 Å². The maximum absolute atomic E-state index is 12.2. The Balaban J connectivity index is 2.00. The number of thioether (sulfide) groups is 1. The summed E-state index contributed by atoms with van der Waals surface area (Å²) in [6.45, 7) is 2.02. The van der Waals surface area contributed by atoms with Gasteiger partial charge in [-0.2, -0.15) is 0 Å². The van der Waals surface area contributed by atoms with Gasteiger partial charge in [0.05, 0.1) is 11.8 Å². The van der Waals surface area contributed by atoms with Crippen molar-refractivity contribution in [3.63, 3.8) is 0 Å². The van der Waals surface area contributed by atoms with Crippen LogP contribution in [0.5, 0.6) is 0 Å². The van der Waals surface area contributed by atoms with E-state index in [9.17, 15) is 14.7 Å². The fourth-order valence-electron chi connectivity index (χ4n) is 2.38. The van der Waals surface area contributed by atoms with Crippen LogP contribution in [-0.2, 0) is 9.59 Å². The van der Waals surface area contributed by atoms with Crippen LogP contribution in [0.1, 0.15) is 32.6 Å². The second-order valence-electron chi connectivity index (χ2n) is 4.63. The van der Waals surface area contributed by atoms with Crippen LogP contribution in [0.4, 0.5) is 5.13 Å². The molecule has 6 nitrogen and oxygen atoms in total. The van der Waals surface area contributed by atoms with Gasteiger partial charge in [0.2, 0.25) is 11.0 Å². The first-order valence-corrected chi connectivity index (χ1v) is 8.42. The van der Waals surface area contributed by atoms with Crippen LogP contribution in [0.2, 0.25) is 0 Å². The Morgan fingerprint density at radius 1 is 1.35 bits per heavy atom. The summed E-state index contributed by atoms with van der Waals surface area (Å²) in [5, 5.41) is 20.2. The maximum atomic E-state index is 12.2. The van der Waals surface area contributed by atoms with E-state index in [-0.39, 0.29) is 5.91 Å². The Kier molecular flexibility index (Phi) is 5.36. The molecule has 1 aliphatic rings. The molecule has 0 unspecified atom stereocenters. The molecule has 0 radical (unpaired) electrons. The first-order valence-electron chi connectivity index (χ1n) is 6.61. The van der Waals surface area contributed by atoms with Crippen LogP contribution >= 0.6 is 23.1 Å². The van der Waals surface area contributed by atoms with E-state index in [1.165, 1.54) is 11.3 Å². The number of carbonyl (C=O) groups is 2. The SMILES string of the molecule is CCSc1nnc(NC(=O)[C@H]2CCCC[C@H]2C(=O)O)s1. The summed E-state index contributed by atoms with van der Waals surface area (Å²) in [6, 6.07) is 0. The van der Waals surface area contributed by atoms with Crippen LogP contribution in [-0.4, -0.2) is 32.9 Å². The van der Waals surface area contributed by atoms with Gasteiger partial charge in [0.25, 0.3) is 0 Å². The summed E-state index contributed by atoms with van der Waals surface area (Å²) in [6.07, 6.45) is 2.96. The van der Waals surface area contributed by atoms with Gasteiger partial charge in [-0.15, -0.1) is 10.2 Å². The van der Waals surface area contributed by atoms with Crippen molar-refractivity contribution >= 4 is 40.1 Å². The molecule has 1 aromatic rings. The molecule has 2 N–H and O–H groups in total. The molecular weight excluding hydrogens is 298 g/mol. The van der Waals surface area contributed by atoms with Crippen molar-refractivity contribution < 1.29 is 14.7 Å². The molecule has 0 bridgehead atoms. The fraction of sp³-hybridized carbons (Fsp3) is 0.667. The Hall–Kier alpha value is -1.15. The average molecular weight is 315 g/mol. The third kappa shape index (κ3) is 3.69. The van der Waals surface area contributed by atoms with E-state index in [1.807, 2.05) is 6.92 Å². The summed E-state index contributed by atoms with van der Waals surface area (Å²) in [5.41, 5.74) is 0. The highest BCUT2D eigenvalue weighted by molar-refractivity contribution is 8.01. The number of nitrogens with zero attached hydrogens (tertiary/aromatic N) is 2. The molecule has 8 heteroatoms. The third-order valence-electron chi connectivity index (χ3n) is 3.32. The lowest BCUT2D eigenvalue weighted by molar-refractivity contribution is -0.147. The van der Waals surface area contributed by atoms with Gasteiger partial charge in [-0.05, 0) is 18.6 Å². The molecule has 1 heterocycles. The number of nitrogens with one attached hydrogen (secondary N) is 1. The smallest absolute Gasteiger partial charge is 0.307 e. The van der Waals surface area contributed by atoms with E-state index in [0.29, 0.717) is 18.0 Å². The number of carbonyl (C=O) groups excluding carboxylic acids is 1. The molecule has 1 aromatic heterocycles. The number of rotatable bonds is 5. The molecule has 0 aliphatic heterocycles. The van der Waals surface area contributed by atoms with E-state index >= 15 is 0 Å². The van der Waals surface area contributed by atoms with Crippen LogP contribution in [0.25, 0.3) is 0 Å². The molecule has 1 amide bonds. The first kappa shape index (κ1) is 15.2. The number of carboxylic acid groups (broad SMARTS) is 1. The van der Waals surface area contributed by atoms with Gasteiger partial charge in [-0.25, -0.2) is 0 Å². The largest absolute Gasteiger partial charge is 0.481 e. The minimum Gasteiger partial charge on any atom is -0.481 e. The minimum atomic E-state index is -0.885. The van der Waals surface area contributed by atoms with Gasteiger partial charge in [-0.3, -0.25) is 9.59 Å². The zero-order chi connectivity index (χ0) is 14.5. The molecule has 2 atom stereocenters. The number of aromatic nitrogens is 2. The van der Waals surface area contributed by atoms with E-state index in [4.69, 9.17) is 0 Å². The van der Waals surface area contributed by atoms with Gasteiger partial charge in [0.15, 0.2) is 4.34 Å². The quantitative estimate of drug-likeness (QED) is 0.640. The highest BCUT2D eigenvalue weighted by atomic mass is 32.2. The molecule has 0 saturated heterocycles. The minimum absolute atomic E-state index is 0.249. The van der Waals surface area contributed by atoms with Crippen LogP contribution in [0.15, 0.2) is 4.34 Å².